The van der Waals surface area contributed by atoms with Crippen LogP contribution in [0.3, 0.4) is 0 Å². The van der Waals surface area contributed by atoms with E-state index in [4.69, 9.17) is 4.74 Å². The molecule has 0 saturated heterocycles. The molecule has 0 bridgehead atoms. The van der Waals surface area contributed by atoms with Gasteiger partial charge in [0.1, 0.15) is 0 Å². The van der Waals surface area contributed by atoms with Gasteiger partial charge in [0.15, 0.2) is 0 Å². The second-order valence-corrected chi connectivity index (χ2v) is 22.8. The minimum atomic E-state index is -0.673. The Kier molecular flexibility index (Phi) is 60.9. The number of esters is 1. The number of ether oxygens (including phenoxy) is 1. The Morgan fingerprint density at radius 1 is 0.375 bits per heavy atom. The molecule has 0 aliphatic rings. The topological polar surface area (TPSA) is 95.9 Å². The van der Waals surface area contributed by atoms with Crippen LogP contribution >= 0.6 is 0 Å². The van der Waals surface area contributed by atoms with Crippen LogP contribution in [-0.2, 0) is 14.3 Å². The van der Waals surface area contributed by atoms with Crippen molar-refractivity contribution < 1.29 is 24.5 Å². The molecule has 0 rings (SSSR count). The van der Waals surface area contributed by atoms with E-state index in [1.807, 2.05) is 0 Å². The van der Waals surface area contributed by atoms with Gasteiger partial charge in [0.2, 0.25) is 5.91 Å². The third-order valence-electron chi connectivity index (χ3n) is 15.6. The first-order valence-electron chi connectivity index (χ1n) is 32.9. The summed E-state index contributed by atoms with van der Waals surface area (Å²) in [4.78, 5) is 24.6. The Morgan fingerprint density at radius 2 is 0.653 bits per heavy atom. The molecule has 6 heteroatoms. The second kappa shape index (κ2) is 62.1. The number of aliphatic hydroxyl groups excluding tert-OH is 2. The number of amides is 1. The molecule has 428 valence electrons. The van der Waals surface area contributed by atoms with E-state index in [2.05, 4.69) is 31.3 Å². The zero-order valence-electron chi connectivity index (χ0n) is 48.9. The van der Waals surface area contributed by atoms with Crippen molar-refractivity contribution in [2.75, 3.05) is 13.2 Å². The lowest BCUT2D eigenvalue weighted by molar-refractivity contribution is -0.143. The number of carbonyl (C=O) groups excluding carboxylic acids is 2. The first kappa shape index (κ1) is 70.6. The van der Waals surface area contributed by atoms with Crippen molar-refractivity contribution in [3.8, 4) is 0 Å². The molecule has 0 aromatic carbocycles. The number of allylic oxidation sites excluding steroid dienone is 2. The predicted molar refractivity (Wildman–Crippen MR) is 315 cm³/mol. The molecule has 0 aromatic rings. The molecule has 0 aliphatic heterocycles. The highest BCUT2D eigenvalue weighted by Gasteiger charge is 2.20. The summed E-state index contributed by atoms with van der Waals surface area (Å²) < 4.78 is 5.49. The molecule has 0 saturated carbocycles. The Hall–Kier alpha value is -1.40. The smallest absolute Gasteiger partial charge is 0.305 e. The van der Waals surface area contributed by atoms with Gasteiger partial charge >= 0.3 is 5.97 Å². The Bertz CT molecular complexity index is 1080. The van der Waals surface area contributed by atoms with E-state index >= 15 is 0 Å². The monoisotopic (exact) mass is 1020 g/mol. The summed E-state index contributed by atoms with van der Waals surface area (Å²) >= 11 is 0. The lowest BCUT2D eigenvalue weighted by Crippen LogP contribution is -2.45. The zero-order chi connectivity index (χ0) is 52.2. The van der Waals surface area contributed by atoms with Crippen LogP contribution in [0.25, 0.3) is 0 Å². The fourth-order valence-electron chi connectivity index (χ4n) is 10.5. The SMILES string of the molecule is CCCCCCCCCCCCCCCCCCCCCCC(O)C(CO)NC(=O)CCCCCCC/C=C\CCCCCCCCCCCOC(=O)CCCCCCCCCCCCCCCCCCC. The fraction of sp³-hybridized carbons (Fsp3) is 0.939. The molecule has 0 aromatic heterocycles. The van der Waals surface area contributed by atoms with Crippen molar-refractivity contribution >= 4 is 11.9 Å². The summed E-state index contributed by atoms with van der Waals surface area (Å²) in [5, 5.41) is 23.4. The first-order valence-corrected chi connectivity index (χ1v) is 32.9. The third-order valence-corrected chi connectivity index (χ3v) is 15.6. The minimum absolute atomic E-state index is 0.00807. The Labute approximate surface area is 450 Å². The highest BCUT2D eigenvalue weighted by molar-refractivity contribution is 5.76. The minimum Gasteiger partial charge on any atom is -0.466 e. The summed E-state index contributed by atoms with van der Waals surface area (Å²) in [6.45, 7) is 4.98. The molecule has 0 aliphatic carbocycles. The van der Waals surface area contributed by atoms with Gasteiger partial charge in [-0.05, 0) is 51.4 Å². The molecule has 2 unspecified atom stereocenters. The van der Waals surface area contributed by atoms with Crippen molar-refractivity contribution in [1.29, 1.82) is 0 Å². The van der Waals surface area contributed by atoms with Gasteiger partial charge < -0.3 is 20.3 Å². The van der Waals surface area contributed by atoms with Gasteiger partial charge in [0.25, 0.3) is 0 Å². The highest BCUT2D eigenvalue weighted by atomic mass is 16.5. The second-order valence-electron chi connectivity index (χ2n) is 22.8. The average molecular weight is 1020 g/mol. The van der Waals surface area contributed by atoms with Crippen LogP contribution in [0, 0.1) is 0 Å². The van der Waals surface area contributed by atoms with E-state index in [0.717, 1.165) is 51.4 Å². The van der Waals surface area contributed by atoms with Gasteiger partial charge in [-0.25, -0.2) is 0 Å². The van der Waals surface area contributed by atoms with Crippen molar-refractivity contribution in [3.05, 3.63) is 12.2 Å². The van der Waals surface area contributed by atoms with E-state index in [1.54, 1.807) is 0 Å². The summed E-state index contributed by atoms with van der Waals surface area (Å²) in [6, 6.07) is -0.552. The molecule has 72 heavy (non-hydrogen) atoms. The summed E-state index contributed by atoms with van der Waals surface area (Å²) in [6.07, 6.45) is 75.1. The molecular formula is C66H129NO5. The van der Waals surface area contributed by atoms with E-state index in [9.17, 15) is 19.8 Å². The van der Waals surface area contributed by atoms with Gasteiger partial charge in [0.05, 0.1) is 25.4 Å². The van der Waals surface area contributed by atoms with E-state index in [0.29, 0.717) is 25.9 Å². The molecule has 2 atom stereocenters. The third kappa shape index (κ3) is 57.9. The summed E-state index contributed by atoms with van der Waals surface area (Å²) in [5.41, 5.74) is 0. The number of unbranched alkanes of at least 4 members (excludes halogenated alkanes) is 49. The number of rotatable bonds is 62. The maximum atomic E-state index is 12.5. The van der Waals surface area contributed by atoms with Gasteiger partial charge in [-0.15, -0.1) is 0 Å². The quantitative estimate of drug-likeness (QED) is 0.0320. The molecular weight excluding hydrogens is 887 g/mol. The molecule has 0 fully saturated rings. The molecule has 6 nitrogen and oxygen atoms in total. The van der Waals surface area contributed by atoms with Crippen LogP contribution in [0.4, 0.5) is 0 Å². The lowest BCUT2D eigenvalue weighted by Gasteiger charge is -2.22. The number of aliphatic hydroxyl groups is 2. The summed E-state index contributed by atoms with van der Waals surface area (Å²) in [5.74, 6) is -0.0370. The van der Waals surface area contributed by atoms with Crippen LogP contribution in [0.15, 0.2) is 12.2 Å². The van der Waals surface area contributed by atoms with Crippen LogP contribution in [0.5, 0.6) is 0 Å². The number of hydrogen-bond donors (Lipinski definition) is 3. The van der Waals surface area contributed by atoms with Crippen molar-refractivity contribution in [3.63, 3.8) is 0 Å². The van der Waals surface area contributed by atoms with Crippen molar-refractivity contribution in [2.24, 2.45) is 0 Å². The fourth-order valence-corrected chi connectivity index (χ4v) is 10.5. The van der Waals surface area contributed by atoms with E-state index in [-0.39, 0.29) is 18.5 Å². The molecule has 0 heterocycles. The van der Waals surface area contributed by atoms with Gasteiger partial charge in [-0.1, -0.05) is 321 Å². The van der Waals surface area contributed by atoms with E-state index in [1.165, 1.54) is 289 Å². The zero-order valence-corrected chi connectivity index (χ0v) is 48.9. The average Bonchev–Trinajstić information content (AvgIpc) is 3.38. The van der Waals surface area contributed by atoms with Crippen molar-refractivity contribution in [1.82, 2.24) is 5.32 Å². The maximum absolute atomic E-state index is 12.5. The molecule has 1 amide bonds. The largest absolute Gasteiger partial charge is 0.466 e. The van der Waals surface area contributed by atoms with Gasteiger partial charge in [-0.2, -0.15) is 0 Å². The predicted octanol–water partition coefficient (Wildman–Crippen LogP) is 20.8. The van der Waals surface area contributed by atoms with Crippen LogP contribution in [0.2, 0.25) is 0 Å². The first-order chi connectivity index (χ1) is 35.5. The number of carbonyl (C=O) groups is 2. The van der Waals surface area contributed by atoms with Gasteiger partial charge in [0, 0.05) is 12.8 Å². The number of nitrogens with one attached hydrogen (secondary N) is 1. The normalized spacial score (nSPS) is 12.6. The highest BCUT2D eigenvalue weighted by Crippen LogP contribution is 2.18. The van der Waals surface area contributed by atoms with E-state index < -0.39 is 12.1 Å². The molecule has 0 spiro atoms. The maximum Gasteiger partial charge on any atom is 0.305 e. The lowest BCUT2D eigenvalue weighted by atomic mass is 10.0. The Balaban J connectivity index is 3.42. The van der Waals surface area contributed by atoms with Crippen LogP contribution in [0.1, 0.15) is 373 Å². The summed E-state index contributed by atoms with van der Waals surface area (Å²) in [7, 11) is 0. The van der Waals surface area contributed by atoms with Gasteiger partial charge in [-0.3, -0.25) is 9.59 Å². The molecule has 3 N–H and O–H groups in total. The standard InChI is InChI=1S/C66H129NO5/c1-3-5-7-9-11-13-15-17-19-21-22-23-27-30-34-38-42-46-50-54-58-64(69)63(62-68)67-65(70)59-55-51-47-43-39-35-31-28-24-25-29-33-37-41-45-49-53-57-61-72-66(71)60-56-52-48-44-40-36-32-26-20-18-16-14-12-10-8-6-4-2/h28,31,63-64,68-69H,3-27,29-30,32-62H2,1-2H3,(H,67,70)/b31-28-. The van der Waals surface area contributed by atoms with Crippen LogP contribution < -0.4 is 5.32 Å². The number of hydrogen-bond acceptors (Lipinski definition) is 5. The van der Waals surface area contributed by atoms with Crippen molar-refractivity contribution in [2.45, 2.75) is 386 Å². The van der Waals surface area contributed by atoms with Crippen LogP contribution in [-0.4, -0.2) is 47.4 Å². The Morgan fingerprint density at radius 3 is 0.986 bits per heavy atom. The molecule has 0 radical (unpaired) electrons.